The molecular weight excluding hydrogens is 270 g/mol. The first-order chi connectivity index (χ1) is 10.0. The summed E-state index contributed by atoms with van der Waals surface area (Å²) in [6.07, 6.45) is 6.02. The molecule has 0 radical (unpaired) electrons. The number of piperazine rings is 1. The van der Waals surface area contributed by atoms with Crippen LogP contribution in [0.15, 0.2) is 0 Å². The van der Waals surface area contributed by atoms with Crippen molar-refractivity contribution in [3.8, 4) is 0 Å². The Morgan fingerprint density at radius 1 is 1.38 bits per heavy atom. The summed E-state index contributed by atoms with van der Waals surface area (Å²) in [6, 6.07) is -0.256. The lowest BCUT2D eigenvalue weighted by atomic mass is 9.83. The fraction of sp³-hybridized carbons (Fsp3) is 0.800. The van der Waals surface area contributed by atoms with Crippen molar-refractivity contribution in [1.29, 1.82) is 0 Å². The Labute approximate surface area is 125 Å². The second-order valence-electron chi connectivity index (χ2n) is 6.19. The molecule has 0 spiro atoms. The Morgan fingerprint density at radius 3 is 2.81 bits per heavy atom. The molecule has 0 aromatic rings. The zero-order valence-electron chi connectivity index (χ0n) is 12.6. The van der Waals surface area contributed by atoms with Crippen LogP contribution in [0.5, 0.6) is 0 Å². The third-order valence-electron chi connectivity index (χ3n) is 4.55. The second kappa shape index (κ2) is 7.02. The van der Waals surface area contributed by atoms with Crippen LogP contribution in [0.2, 0.25) is 0 Å². The van der Waals surface area contributed by atoms with E-state index in [0.29, 0.717) is 18.8 Å². The Kier molecular flexibility index (Phi) is 5.33. The Hall–Kier alpha value is -1.43. The number of amides is 3. The highest BCUT2D eigenvalue weighted by Gasteiger charge is 2.35. The average molecular weight is 295 g/mol. The van der Waals surface area contributed by atoms with Crippen LogP contribution in [0.1, 0.15) is 51.9 Å². The van der Waals surface area contributed by atoms with Gasteiger partial charge >= 0.3 is 0 Å². The Bertz CT molecular complexity index is 424. The first-order valence-electron chi connectivity index (χ1n) is 7.90. The summed E-state index contributed by atoms with van der Waals surface area (Å²) >= 11 is 0. The number of imide groups is 1. The van der Waals surface area contributed by atoms with E-state index in [2.05, 4.69) is 5.32 Å². The van der Waals surface area contributed by atoms with Crippen LogP contribution in [0.3, 0.4) is 0 Å². The number of nitrogens with two attached hydrogens (primary N) is 1. The molecule has 0 aromatic carbocycles. The molecule has 6 nitrogen and oxygen atoms in total. The minimum Gasteiger partial charge on any atom is -0.328 e. The summed E-state index contributed by atoms with van der Waals surface area (Å²) in [5, 5.41) is 2.29. The molecule has 0 aromatic heterocycles. The number of hydrogen-bond acceptors (Lipinski definition) is 4. The molecular formula is C15H25N3O3. The van der Waals surface area contributed by atoms with Gasteiger partial charge in [-0.3, -0.25) is 19.7 Å². The summed E-state index contributed by atoms with van der Waals surface area (Å²) < 4.78 is 0. The van der Waals surface area contributed by atoms with Crippen LogP contribution in [-0.4, -0.2) is 41.2 Å². The van der Waals surface area contributed by atoms with Crippen molar-refractivity contribution in [3.05, 3.63) is 0 Å². The van der Waals surface area contributed by atoms with Crippen molar-refractivity contribution in [2.24, 2.45) is 11.7 Å². The summed E-state index contributed by atoms with van der Waals surface area (Å²) in [6.45, 7) is 1.84. The largest absolute Gasteiger partial charge is 0.328 e. The molecule has 2 fully saturated rings. The number of carbonyl (C=O) groups is 3. The van der Waals surface area contributed by atoms with Crippen molar-refractivity contribution in [3.63, 3.8) is 0 Å². The van der Waals surface area contributed by atoms with Crippen LogP contribution in [-0.2, 0) is 14.4 Å². The standard InChI is InChI=1S/C15H25N3O3/c1-2-12-15(21)17-13(19)9-18(12)14(20)7-6-10-4-3-5-11(16)8-10/h10-12H,2-9,16H2,1H3,(H,17,19,21). The molecule has 3 amide bonds. The summed E-state index contributed by atoms with van der Waals surface area (Å²) in [7, 11) is 0. The third kappa shape index (κ3) is 4.03. The van der Waals surface area contributed by atoms with E-state index in [9.17, 15) is 14.4 Å². The van der Waals surface area contributed by atoms with Gasteiger partial charge in [0.2, 0.25) is 17.7 Å². The molecule has 6 heteroatoms. The zero-order chi connectivity index (χ0) is 15.4. The van der Waals surface area contributed by atoms with E-state index in [-0.39, 0.29) is 24.4 Å². The Morgan fingerprint density at radius 2 is 2.14 bits per heavy atom. The normalized spacial score (nSPS) is 30.2. The molecule has 118 valence electrons. The van der Waals surface area contributed by atoms with E-state index in [1.807, 2.05) is 6.92 Å². The fourth-order valence-electron chi connectivity index (χ4n) is 3.40. The topological polar surface area (TPSA) is 92.5 Å². The van der Waals surface area contributed by atoms with Gasteiger partial charge in [-0.25, -0.2) is 0 Å². The van der Waals surface area contributed by atoms with E-state index in [0.717, 1.165) is 32.1 Å². The smallest absolute Gasteiger partial charge is 0.249 e. The van der Waals surface area contributed by atoms with Gasteiger partial charge in [0.05, 0.1) is 0 Å². The molecule has 3 atom stereocenters. The first kappa shape index (κ1) is 15.9. The molecule has 3 unspecified atom stereocenters. The maximum absolute atomic E-state index is 12.3. The van der Waals surface area contributed by atoms with Crippen molar-refractivity contribution in [2.75, 3.05) is 6.54 Å². The lowest BCUT2D eigenvalue weighted by molar-refractivity contribution is -0.150. The molecule has 1 saturated carbocycles. The predicted molar refractivity (Wildman–Crippen MR) is 78.1 cm³/mol. The monoisotopic (exact) mass is 295 g/mol. The summed E-state index contributed by atoms with van der Waals surface area (Å²) in [4.78, 5) is 37.0. The van der Waals surface area contributed by atoms with Gasteiger partial charge in [-0.2, -0.15) is 0 Å². The molecule has 0 bridgehead atoms. The highest BCUT2D eigenvalue weighted by molar-refractivity contribution is 6.04. The molecule has 1 aliphatic heterocycles. The Balaban J connectivity index is 1.88. The van der Waals surface area contributed by atoms with Crippen LogP contribution in [0, 0.1) is 5.92 Å². The second-order valence-corrected chi connectivity index (χ2v) is 6.19. The highest BCUT2D eigenvalue weighted by Crippen LogP contribution is 2.27. The van der Waals surface area contributed by atoms with Gasteiger partial charge in [-0.1, -0.05) is 19.8 Å². The maximum atomic E-state index is 12.3. The zero-order valence-corrected chi connectivity index (χ0v) is 12.6. The van der Waals surface area contributed by atoms with Crippen LogP contribution >= 0.6 is 0 Å². The lowest BCUT2D eigenvalue weighted by Crippen LogP contribution is -2.59. The van der Waals surface area contributed by atoms with Crippen molar-refractivity contribution in [2.45, 2.75) is 64.0 Å². The van der Waals surface area contributed by atoms with Gasteiger partial charge in [0.25, 0.3) is 0 Å². The van der Waals surface area contributed by atoms with E-state index in [4.69, 9.17) is 5.73 Å². The molecule has 2 aliphatic rings. The first-order valence-corrected chi connectivity index (χ1v) is 7.90. The molecule has 21 heavy (non-hydrogen) atoms. The molecule has 1 saturated heterocycles. The maximum Gasteiger partial charge on any atom is 0.249 e. The number of nitrogens with zero attached hydrogens (tertiary/aromatic N) is 1. The number of nitrogens with one attached hydrogen (secondary N) is 1. The van der Waals surface area contributed by atoms with E-state index in [1.54, 1.807) is 0 Å². The molecule has 1 heterocycles. The van der Waals surface area contributed by atoms with Gasteiger partial charge in [0, 0.05) is 12.5 Å². The van der Waals surface area contributed by atoms with Gasteiger partial charge in [0.1, 0.15) is 12.6 Å². The van der Waals surface area contributed by atoms with Crippen molar-refractivity contribution in [1.82, 2.24) is 10.2 Å². The summed E-state index contributed by atoms with van der Waals surface area (Å²) in [5.74, 6) is -0.351. The van der Waals surface area contributed by atoms with E-state index < -0.39 is 11.9 Å². The lowest BCUT2D eigenvalue weighted by Gasteiger charge is -2.34. The highest BCUT2D eigenvalue weighted by atomic mass is 16.2. The molecule has 3 N–H and O–H groups in total. The molecule has 1 aliphatic carbocycles. The molecule has 2 rings (SSSR count). The van der Waals surface area contributed by atoms with Crippen LogP contribution in [0.4, 0.5) is 0 Å². The minimum absolute atomic E-state index is 0.00669. The predicted octanol–water partition coefficient (Wildman–Crippen LogP) is 0.548. The number of rotatable bonds is 4. The van der Waals surface area contributed by atoms with Gasteiger partial charge in [-0.15, -0.1) is 0 Å². The quantitative estimate of drug-likeness (QED) is 0.741. The average Bonchev–Trinajstić information content (AvgIpc) is 2.44. The minimum atomic E-state index is -0.510. The van der Waals surface area contributed by atoms with Crippen molar-refractivity contribution >= 4 is 17.7 Å². The fourth-order valence-corrected chi connectivity index (χ4v) is 3.40. The summed E-state index contributed by atoms with van der Waals surface area (Å²) in [5.41, 5.74) is 5.96. The number of hydrogen-bond donors (Lipinski definition) is 2. The van der Waals surface area contributed by atoms with Gasteiger partial charge in [0.15, 0.2) is 0 Å². The van der Waals surface area contributed by atoms with E-state index >= 15 is 0 Å². The number of carbonyl (C=O) groups excluding carboxylic acids is 3. The SMILES string of the molecule is CCC1C(=O)NC(=O)CN1C(=O)CCC1CCCC(N)C1. The third-order valence-corrected chi connectivity index (χ3v) is 4.55. The van der Waals surface area contributed by atoms with E-state index in [1.165, 1.54) is 4.90 Å². The van der Waals surface area contributed by atoms with Crippen molar-refractivity contribution < 1.29 is 14.4 Å². The van der Waals surface area contributed by atoms with Crippen LogP contribution in [0.25, 0.3) is 0 Å². The van der Waals surface area contributed by atoms with Gasteiger partial charge < -0.3 is 10.6 Å². The van der Waals surface area contributed by atoms with Crippen LogP contribution < -0.4 is 11.1 Å². The van der Waals surface area contributed by atoms with Gasteiger partial charge in [-0.05, 0) is 31.6 Å².